The number of benzene rings is 3. The first-order chi connectivity index (χ1) is 13.3. The van der Waals surface area contributed by atoms with Gasteiger partial charge >= 0.3 is 0 Å². The largest absolute Gasteiger partial charge is 0.618 e. The minimum atomic E-state index is 0.542. The molecule has 0 aliphatic heterocycles. The number of ether oxygens (including phenoxy) is 1. The molecule has 0 aromatic heterocycles. The Morgan fingerprint density at radius 2 is 1.26 bits per heavy atom. The zero-order valence-corrected chi connectivity index (χ0v) is 15.2. The van der Waals surface area contributed by atoms with Crippen LogP contribution in [-0.2, 0) is 0 Å². The van der Waals surface area contributed by atoms with Gasteiger partial charge in [-0.2, -0.15) is 4.74 Å². The number of nitrogens with zero attached hydrogens (tertiary/aromatic N) is 1. The van der Waals surface area contributed by atoms with Crippen LogP contribution in [0.15, 0.2) is 97.1 Å². The normalized spacial score (nSPS) is 12.3. The Kier molecular flexibility index (Phi) is 6.21. The summed E-state index contributed by atoms with van der Waals surface area (Å²) in [7, 11) is 1.64. The average molecular weight is 355 g/mol. The highest BCUT2D eigenvalue weighted by molar-refractivity contribution is 6.05. The predicted molar refractivity (Wildman–Crippen MR) is 112 cm³/mol. The van der Waals surface area contributed by atoms with Gasteiger partial charge in [-0.1, -0.05) is 60.7 Å². The number of allylic oxidation sites excluding steroid dienone is 2. The van der Waals surface area contributed by atoms with Crippen LogP contribution in [0, 0.1) is 5.21 Å². The van der Waals surface area contributed by atoms with Crippen molar-refractivity contribution in [1.29, 1.82) is 0 Å². The summed E-state index contributed by atoms with van der Waals surface area (Å²) in [5, 5.41) is 12.8. The van der Waals surface area contributed by atoms with E-state index in [4.69, 9.17) is 4.74 Å². The number of rotatable bonds is 6. The Morgan fingerprint density at radius 3 is 1.81 bits per heavy atom. The maximum atomic E-state index is 12.8. The lowest BCUT2D eigenvalue weighted by Crippen LogP contribution is -2.06. The molecule has 0 spiro atoms. The van der Waals surface area contributed by atoms with E-state index in [1.54, 1.807) is 19.2 Å². The van der Waals surface area contributed by atoms with Gasteiger partial charge in [-0.15, -0.1) is 0 Å². The standard InChI is InChI=1S/C24H21NO2/c1-27-24-18-14-21(15-19-24)13-17-23(16-12-20-8-4-2-5-9-20)25(26)22-10-6-3-7-11-22/h2-19H,1H3/b16-12+,17-13+,25-23-. The average Bonchev–Trinajstić information content (AvgIpc) is 2.75. The minimum absolute atomic E-state index is 0.542. The molecule has 134 valence electrons. The van der Waals surface area contributed by atoms with Gasteiger partial charge in [-0.25, -0.2) is 0 Å². The monoisotopic (exact) mass is 355 g/mol. The van der Waals surface area contributed by atoms with Crippen molar-refractivity contribution in [1.82, 2.24) is 0 Å². The van der Waals surface area contributed by atoms with Gasteiger partial charge in [0.25, 0.3) is 0 Å². The van der Waals surface area contributed by atoms with Gasteiger partial charge in [0.15, 0.2) is 0 Å². The van der Waals surface area contributed by atoms with E-state index < -0.39 is 0 Å². The molecule has 0 saturated heterocycles. The molecule has 3 rings (SSSR count). The van der Waals surface area contributed by atoms with E-state index in [1.165, 1.54) is 0 Å². The molecule has 0 N–H and O–H groups in total. The third kappa shape index (κ3) is 5.19. The maximum absolute atomic E-state index is 12.8. The van der Waals surface area contributed by atoms with Gasteiger partial charge in [-0.05, 0) is 35.4 Å². The predicted octanol–water partition coefficient (Wildman–Crippen LogP) is 5.70. The molecule has 0 aliphatic rings. The van der Waals surface area contributed by atoms with Crippen LogP contribution >= 0.6 is 0 Å². The molecule has 0 atom stereocenters. The Morgan fingerprint density at radius 1 is 0.741 bits per heavy atom. The van der Waals surface area contributed by atoms with Crippen LogP contribution in [-0.4, -0.2) is 17.6 Å². The van der Waals surface area contributed by atoms with Crippen molar-refractivity contribution in [3.8, 4) is 5.75 Å². The molecule has 0 saturated carbocycles. The summed E-state index contributed by atoms with van der Waals surface area (Å²) in [5.74, 6) is 0.801. The van der Waals surface area contributed by atoms with Crippen LogP contribution in [0.1, 0.15) is 11.1 Å². The minimum Gasteiger partial charge on any atom is -0.618 e. The molecule has 0 heterocycles. The van der Waals surface area contributed by atoms with Crippen molar-refractivity contribution < 1.29 is 9.48 Å². The molecule has 0 aliphatic carbocycles. The summed E-state index contributed by atoms with van der Waals surface area (Å²) in [5.41, 5.74) is 3.16. The Bertz CT molecular complexity index is 941. The first-order valence-electron chi connectivity index (χ1n) is 8.71. The van der Waals surface area contributed by atoms with Crippen LogP contribution in [0.25, 0.3) is 12.2 Å². The van der Waals surface area contributed by atoms with E-state index in [2.05, 4.69) is 0 Å². The SMILES string of the molecule is COc1ccc(/C=C/C(/C=C/c2ccccc2)=[N+](\[O-])c2ccccc2)cc1. The molecule has 0 bridgehead atoms. The van der Waals surface area contributed by atoms with Crippen molar-refractivity contribution in [3.05, 3.63) is 113 Å². The van der Waals surface area contributed by atoms with Crippen LogP contribution in [0.3, 0.4) is 0 Å². The lowest BCUT2D eigenvalue weighted by molar-refractivity contribution is -0.358. The van der Waals surface area contributed by atoms with E-state index in [0.717, 1.165) is 21.6 Å². The zero-order valence-electron chi connectivity index (χ0n) is 15.2. The number of hydrogen-bond donors (Lipinski definition) is 0. The van der Waals surface area contributed by atoms with Gasteiger partial charge in [-0.3, -0.25) is 0 Å². The van der Waals surface area contributed by atoms with Crippen LogP contribution < -0.4 is 4.74 Å². The highest BCUT2D eigenvalue weighted by Gasteiger charge is 2.06. The Hall–Kier alpha value is -3.59. The molecule has 0 fully saturated rings. The fourth-order valence-electron chi connectivity index (χ4n) is 2.55. The molecule has 0 amide bonds. The quantitative estimate of drug-likeness (QED) is 0.246. The summed E-state index contributed by atoms with van der Waals surface area (Å²) in [6, 6.07) is 26.8. The first-order valence-corrected chi connectivity index (χ1v) is 8.71. The van der Waals surface area contributed by atoms with Crippen LogP contribution in [0.4, 0.5) is 5.69 Å². The van der Waals surface area contributed by atoms with Crippen molar-refractivity contribution in [2.24, 2.45) is 0 Å². The maximum Gasteiger partial charge on any atom is 0.217 e. The molecule has 27 heavy (non-hydrogen) atoms. The smallest absolute Gasteiger partial charge is 0.217 e. The van der Waals surface area contributed by atoms with Crippen molar-refractivity contribution in [2.45, 2.75) is 0 Å². The Balaban J connectivity index is 1.93. The summed E-state index contributed by atoms with van der Waals surface area (Å²) < 4.78 is 6.11. The molecule has 3 aromatic rings. The van der Waals surface area contributed by atoms with Gasteiger partial charge in [0.05, 0.1) is 7.11 Å². The zero-order chi connectivity index (χ0) is 18.9. The second kappa shape index (κ2) is 9.20. The third-order valence-corrected chi connectivity index (χ3v) is 4.03. The third-order valence-electron chi connectivity index (χ3n) is 4.03. The van der Waals surface area contributed by atoms with Gasteiger partial charge in [0.2, 0.25) is 11.4 Å². The molecule has 3 aromatic carbocycles. The van der Waals surface area contributed by atoms with E-state index in [0.29, 0.717) is 11.4 Å². The van der Waals surface area contributed by atoms with Crippen molar-refractivity contribution in [2.75, 3.05) is 7.11 Å². The van der Waals surface area contributed by atoms with Crippen LogP contribution in [0.5, 0.6) is 5.75 Å². The summed E-state index contributed by atoms with van der Waals surface area (Å²) >= 11 is 0. The van der Waals surface area contributed by atoms with E-state index in [-0.39, 0.29) is 0 Å². The summed E-state index contributed by atoms with van der Waals surface area (Å²) in [6.45, 7) is 0. The first kappa shape index (κ1) is 18.2. The van der Waals surface area contributed by atoms with E-state index in [9.17, 15) is 5.21 Å². The highest BCUT2D eigenvalue weighted by atomic mass is 16.5. The molecule has 0 radical (unpaired) electrons. The lowest BCUT2D eigenvalue weighted by Gasteiger charge is -2.05. The van der Waals surface area contributed by atoms with Crippen molar-refractivity contribution >= 4 is 23.6 Å². The molecular formula is C24H21NO2. The number of hydrogen-bond acceptors (Lipinski definition) is 2. The number of methoxy groups -OCH3 is 1. The summed E-state index contributed by atoms with van der Waals surface area (Å²) in [4.78, 5) is 0. The topological polar surface area (TPSA) is 35.3 Å². The van der Waals surface area contributed by atoms with Crippen molar-refractivity contribution in [3.63, 3.8) is 0 Å². The molecule has 0 unspecified atom stereocenters. The Labute approximate surface area is 159 Å². The summed E-state index contributed by atoms with van der Waals surface area (Å²) in [6.07, 6.45) is 7.50. The van der Waals surface area contributed by atoms with Crippen LogP contribution in [0.2, 0.25) is 0 Å². The molecular weight excluding hydrogens is 334 g/mol. The number of para-hydroxylation sites is 1. The fourth-order valence-corrected chi connectivity index (χ4v) is 2.55. The highest BCUT2D eigenvalue weighted by Crippen LogP contribution is 2.14. The second-order valence-corrected chi connectivity index (χ2v) is 5.91. The molecule has 3 nitrogen and oxygen atoms in total. The van der Waals surface area contributed by atoms with Gasteiger partial charge in [0, 0.05) is 24.3 Å². The lowest BCUT2D eigenvalue weighted by atomic mass is 10.1. The molecule has 3 heteroatoms. The van der Waals surface area contributed by atoms with Gasteiger partial charge in [0.1, 0.15) is 5.75 Å². The van der Waals surface area contributed by atoms with E-state index >= 15 is 0 Å². The fraction of sp³-hybridized carbons (Fsp3) is 0.0417. The second-order valence-electron chi connectivity index (χ2n) is 5.91. The van der Waals surface area contributed by atoms with Gasteiger partial charge < -0.3 is 9.94 Å². The van der Waals surface area contributed by atoms with E-state index in [1.807, 2.05) is 97.1 Å².